The first-order valence-corrected chi connectivity index (χ1v) is 13.4. The Bertz CT molecular complexity index is 1180. The van der Waals surface area contributed by atoms with Gasteiger partial charge >= 0.3 is 0 Å². The van der Waals surface area contributed by atoms with E-state index in [0.717, 1.165) is 48.9 Å². The molecule has 0 fully saturated rings. The summed E-state index contributed by atoms with van der Waals surface area (Å²) in [4.78, 5) is 29.7. The summed E-state index contributed by atoms with van der Waals surface area (Å²) in [5.41, 5.74) is 3.90. The second-order valence-electron chi connectivity index (χ2n) is 10.1. The van der Waals surface area contributed by atoms with Gasteiger partial charge in [-0.15, -0.1) is 0 Å². The van der Waals surface area contributed by atoms with Gasteiger partial charge in [0, 0.05) is 18.3 Å². The van der Waals surface area contributed by atoms with Gasteiger partial charge in [-0.1, -0.05) is 88.2 Å². The van der Waals surface area contributed by atoms with E-state index in [1.807, 2.05) is 54.0 Å². The van der Waals surface area contributed by atoms with Gasteiger partial charge in [0.05, 0.1) is 6.54 Å². The second-order valence-corrected chi connectivity index (χ2v) is 10.1. The van der Waals surface area contributed by atoms with Gasteiger partial charge in [0.2, 0.25) is 5.91 Å². The quantitative estimate of drug-likeness (QED) is 0.371. The molecule has 4 rings (SSSR count). The summed E-state index contributed by atoms with van der Waals surface area (Å²) in [6, 6.07) is 22.4. The largest absolute Gasteiger partial charge is 0.351 e. The van der Waals surface area contributed by atoms with Gasteiger partial charge in [-0.3, -0.25) is 9.59 Å². The van der Waals surface area contributed by atoms with E-state index in [9.17, 15) is 9.59 Å². The monoisotopic (exact) mass is 485 g/mol. The van der Waals surface area contributed by atoms with E-state index in [1.54, 1.807) is 4.90 Å². The third-order valence-electron chi connectivity index (χ3n) is 7.45. The summed E-state index contributed by atoms with van der Waals surface area (Å²) in [6.45, 7) is 9.15. The Kier molecular flexibility index (Phi) is 7.97. The molecule has 1 atom stereocenters. The van der Waals surface area contributed by atoms with Crippen molar-refractivity contribution in [3.8, 4) is 11.3 Å². The van der Waals surface area contributed by atoms with Crippen LogP contribution < -0.4 is 5.32 Å². The summed E-state index contributed by atoms with van der Waals surface area (Å²) in [7, 11) is 0. The zero-order valence-corrected chi connectivity index (χ0v) is 22.1. The van der Waals surface area contributed by atoms with Crippen molar-refractivity contribution >= 4 is 11.8 Å². The first-order chi connectivity index (χ1) is 17.4. The maximum Gasteiger partial charge on any atom is 0.271 e. The molecule has 0 radical (unpaired) electrons. The molecule has 5 nitrogen and oxygen atoms in total. The van der Waals surface area contributed by atoms with Crippen LogP contribution in [0.2, 0.25) is 0 Å². The molecule has 1 unspecified atom stereocenters. The van der Waals surface area contributed by atoms with Crippen molar-refractivity contribution < 1.29 is 9.59 Å². The first-order valence-electron chi connectivity index (χ1n) is 13.4. The molecule has 2 amide bonds. The Morgan fingerprint density at radius 3 is 2.11 bits per heavy atom. The first kappa shape index (κ1) is 25.7. The predicted molar refractivity (Wildman–Crippen MR) is 146 cm³/mol. The van der Waals surface area contributed by atoms with Crippen molar-refractivity contribution in [3.63, 3.8) is 0 Å². The highest BCUT2D eigenvalue weighted by molar-refractivity contribution is 6.00. The number of amides is 2. The van der Waals surface area contributed by atoms with Crippen molar-refractivity contribution in [3.05, 3.63) is 83.6 Å². The van der Waals surface area contributed by atoms with E-state index in [0.29, 0.717) is 18.8 Å². The molecule has 36 heavy (non-hydrogen) atoms. The van der Waals surface area contributed by atoms with Crippen LogP contribution in [0.4, 0.5) is 0 Å². The Morgan fingerprint density at radius 2 is 1.50 bits per heavy atom. The molecule has 1 aliphatic rings. The Morgan fingerprint density at radius 1 is 0.889 bits per heavy atom. The average Bonchev–Trinajstić information content (AvgIpc) is 3.31. The molecule has 0 spiro atoms. The van der Waals surface area contributed by atoms with E-state index in [2.05, 4.69) is 50.4 Å². The van der Waals surface area contributed by atoms with Gasteiger partial charge in [0.25, 0.3) is 5.91 Å². The highest BCUT2D eigenvalue weighted by atomic mass is 16.2. The van der Waals surface area contributed by atoms with Crippen LogP contribution in [0.15, 0.2) is 66.7 Å². The van der Waals surface area contributed by atoms with Crippen molar-refractivity contribution in [1.29, 1.82) is 0 Å². The molecule has 1 aromatic heterocycles. The molecule has 2 aromatic carbocycles. The fourth-order valence-corrected chi connectivity index (χ4v) is 5.27. The fourth-order valence-electron chi connectivity index (χ4n) is 5.27. The van der Waals surface area contributed by atoms with Crippen molar-refractivity contribution in [2.75, 3.05) is 0 Å². The van der Waals surface area contributed by atoms with E-state index < -0.39 is 5.54 Å². The number of benzene rings is 2. The molecule has 1 N–H and O–H groups in total. The number of aromatic nitrogens is 1. The number of nitrogens with one attached hydrogen (secondary N) is 1. The lowest BCUT2D eigenvalue weighted by molar-refractivity contribution is -0.134. The van der Waals surface area contributed by atoms with Crippen LogP contribution in [0.25, 0.3) is 11.3 Å². The lowest BCUT2D eigenvalue weighted by atomic mass is 9.92. The van der Waals surface area contributed by atoms with Crippen LogP contribution >= 0.6 is 0 Å². The maximum atomic E-state index is 14.0. The summed E-state index contributed by atoms with van der Waals surface area (Å²) >= 11 is 0. The molecule has 2 heterocycles. The molecule has 0 bridgehead atoms. The van der Waals surface area contributed by atoms with E-state index >= 15 is 0 Å². The number of fused-ring (bicyclic) bond motifs is 1. The molecule has 5 heteroatoms. The van der Waals surface area contributed by atoms with Crippen LogP contribution in [0.3, 0.4) is 0 Å². The standard InChI is InChI=1S/C31H39N3O2/c1-5-11-26(12-6-2)32-30(36)31(4)22-33-27(25-13-9-8-10-14-25)19-20-28(33)29(35)34(31)21-24-17-15-23(7-3)16-18-24/h8-10,13-20,26H,5-7,11-12,21-22H2,1-4H3,(H,32,36). The normalized spacial score (nSPS) is 17.4. The zero-order valence-electron chi connectivity index (χ0n) is 22.1. The second kappa shape index (κ2) is 11.2. The van der Waals surface area contributed by atoms with Gasteiger partial charge < -0.3 is 14.8 Å². The number of hydrogen-bond donors (Lipinski definition) is 1. The summed E-state index contributed by atoms with van der Waals surface area (Å²) in [5.74, 6) is -0.186. The Labute approximate surface area is 215 Å². The third-order valence-corrected chi connectivity index (χ3v) is 7.45. The number of carbonyl (C=O) groups excluding carboxylic acids is 2. The van der Waals surface area contributed by atoms with Crippen LogP contribution in [-0.4, -0.2) is 32.9 Å². The average molecular weight is 486 g/mol. The van der Waals surface area contributed by atoms with E-state index in [4.69, 9.17) is 0 Å². The van der Waals surface area contributed by atoms with Gasteiger partial charge in [-0.2, -0.15) is 0 Å². The lowest BCUT2D eigenvalue weighted by Crippen LogP contribution is -2.64. The van der Waals surface area contributed by atoms with E-state index in [1.165, 1.54) is 5.56 Å². The fraction of sp³-hybridized carbons (Fsp3) is 0.419. The third kappa shape index (κ3) is 5.11. The van der Waals surface area contributed by atoms with Gasteiger partial charge in [0.1, 0.15) is 11.2 Å². The number of rotatable bonds is 10. The summed E-state index contributed by atoms with van der Waals surface area (Å²) < 4.78 is 2.03. The van der Waals surface area contributed by atoms with E-state index in [-0.39, 0.29) is 17.9 Å². The molecule has 0 saturated carbocycles. The number of carbonyl (C=O) groups is 2. The van der Waals surface area contributed by atoms with Crippen molar-refractivity contribution in [1.82, 2.24) is 14.8 Å². The molecular weight excluding hydrogens is 446 g/mol. The molecular formula is C31H39N3O2. The topological polar surface area (TPSA) is 54.3 Å². The highest BCUT2D eigenvalue weighted by Crippen LogP contribution is 2.34. The SMILES string of the molecule is CCCC(CCC)NC(=O)C1(C)Cn2c(ccc2-c2ccccc2)C(=O)N1Cc1ccc(CC)cc1. The minimum absolute atomic E-state index is 0.0775. The minimum atomic E-state index is -1.02. The minimum Gasteiger partial charge on any atom is -0.351 e. The summed E-state index contributed by atoms with van der Waals surface area (Å²) in [6.07, 6.45) is 4.86. The summed E-state index contributed by atoms with van der Waals surface area (Å²) in [5, 5.41) is 3.32. The number of aryl methyl sites for hydroxylation is 1. The molecule has 1 aliphatic heterocycles. The molecule has 190 valence electrons. The van der Waals surface area contributed by atoms with Crippen LogP contribution in [0.1, 0.15) is 75.0 Å². The van der Waals surface area contributed by atoms with Crippen molar-refractivity contribution in [2.24, 2.45) is 0 Å². The smallest absolute Gasteiger partial charge is 0.271 e. The highest BCUT2D eigenvalue weighted by Gasteiger charge is 2.48. The number of hydrogen-bond acceptors (Lipinski definition) is 2. The van der Waals surface area contributed by atoms with Crippen molar-refractivity contribution in [2.45, 2.75) is 84.5 Å². The van der Waals surface area contributed by atoms with Crippen LogP contribution in [0.5, 0.6) is 0 Å². The predicted octanol–water partition coefficient (Wildman–Crippen LogP) is 6.22. The lowest BCUT2D eigenvalue weighted by Gasteiger charge is -2.45. The number of nitrogens with zero attached hydrogens (tertiary/aromatic N) is 2. The molecule has 0 saturated heterocycles. The Balaban J connectivity index is 1.74. The van der Waals surface area contributed by atoms with Gasteiger partial charge in [-0.05, 0) is 55.0 Å². The van der Waals surface area contributed by atoms with Gasteiger partial charge in [0.15, 0.2) is 0 Å². The Hall–Kier alpha value is -3.34. The molecule has 3 aromatic rings. The maximum absolute atomic E-state index is 14.0. The zero-order chi connectivity index (χ0) is 25.7. The van der Waals surface area contributed by atoms with Gasteiger partial charge in [-0.25, -0.2) is 0 Å². The van der Waals surface area contributed by atoms with Crippen LogP contribution in [-0.2, 0) is 24.3 Å². The van der Waals surface area contributed by atoms with Crippen LogP contribution in [0, 0.1) is 0 Å². The molecule has 0 aliphatic carbocycles.